The number of benzene rings is 1. The highest BCUT2D eigenvalue weighted by atomic mass is 32.2. The van der Waals surface area contributed by atoms with Crippen LogP contribution >= 0.6 is 0 Å². The Morgan fingerprint density at radius 3 is 2.32 bits per heavy atom. The Hall–Kier alpha value is -3.27. The van der Waals surface area contributed by atoms with Crippen molar-refractivity contribution in [1.82, 2.24) is 15.0 Å². The van der Waals surface area contributed by atoms with Crippen molar-refractivity contribution in [2.75, 3.05) is 13.2 Å². The fourth-order valence-corrected chi connectivity index (χ4v) is 3.56. The van der Waals surface area contributed by atoms with Gasteiger partial charge in [-0.1, -0.05) is 19.1 Å². The summed E-state index contributed by atoms with van der Waals surface area (Å²) in [4.78, 5) is 39.1. The van der Waals surface area contributed by atoms with Crippen molar-refractivity contribution in [3.63, 3.8) is 0 Å². The van der Waals surface area contributed by atoms with Gasteiger partial charge in [-0.25, -0.2) is 22.9 Å². The van der Waals surface area contributed by atoms with Crippen LogP contribution in [0.1, 0.15) is 53.1 Å². The maximum absolute atomic E-state index is 12.5. The van der Waals surface area contributed by atoms with Gasteiger partial charge in [-0.2, -0.15) is 0 Å². The normalized spacial score (nSPS) is 10.9. The van der Waals surface area contributed by atoms with E-state index in [0.29, 0.717) is 19.4 Å². The molecule has 0 atom stereocenters. The Morgan fingerprint density at radius 1 is 1.03 bits per heavy atom. The Labute approximate surface area is 181 Å². The molecule has 0 aliphatic rings. The summed E-state index contributed by atoms with van der Waals surface area (Å²) in [7, 11) is -4.09. The number of amides is 2. The average molecular weight is 448 g/mol. The maximum Gasteiger partial charge on any atom is 0.356 e. The summed E-state index contributed by atoms with van der Waals surface area (Å²) in [6.07, 6.45) is 2.90. The van der Waals surface area contributed by atoms with E-state index >= 15 is 0 Å². The van der Waals surface area contributed by atoms with Crippen molar-refractivity contribution < 1.29 is 27.5 Å². The second-order valence-electron chi connectivity index (χ2n) is 6.58. The molecule has 0 saturated carbocycles. The minimum Gasteiger partial charge on any atom is -0.461 e. The molecule has 1 heterocycles. The quantitative estimate of drug-likeness (QED) is 0.531. The number of carbonyl (C=O) groups excluding carboxylic acids is 3. The minimum absolute atomic E-state index is 0.0164. The molecule has 2 rings (SSSR count). The zero-order chi connectivity index (χ0) is 22.9. The number of pyridine rings is 1. The Bertz CT molecular complexity index is 1020. The Kier molecular flexibility index (Phi) is 8.68. The van der Waals surface area contributed by atoms with E-state index in [9.17, 15) is 22.8 Å². The predicted octanol–water partition coefficient (Wildman–Crippen LogP) is 1.84. The van der Waals surface area contributed by atoms with Gasteiger partial charge in [0.25, 0.3) is 15.9 Å². The number of esters is 1. The van der Waals surface area contributed by atoms with Crippen LogP contribution in [0.2, 0.25) is 0 Å². The summed E-state index contributed by atoms with van der Waals surface area (Å²) < 4.78 is 31.7. The first-order chi connectivity index (χ1) is 14.8. The lowest BCUT2D eigenvalue weighted by molar-refractivity contribution is -0.121. The lowest BCUT2D eigenvalue weighted by Crippen LogP contribution is -2.30. The smallest absolute Gasteiger partial charge is 0.356 e. The van der Waals surface area contributed by atoms with Crippen molar-refractivity contribution >= 4 is 27.8 Å². The highest BCUT2D eigenvalue weighted by Gasteiger charge is 2.19. The molecular formula is C21H25N3O6S. The number of carbonyl (C=O) groups is 3. The molecule has 2 N–H and O–H groups in total. The number of hydrogen-bond donors (Lipinski definition) is 2. The second kappa shape index (κ2) is 11.2. The number of aromatic nitrogens is 1. The molecule has 0 spiro atoms. The van der Waals surface area contributed by atoms with Gasteiger partial charge in [0.1, 0.15) is 5.69 Å². The molecule has 0 bridgehead atoms. The number of ether oxygens (including phenoxy) is 1. The van der Waals surface area contributed by atoms with Gasteiger partial charge in [0.2, 0.25) is 5.91 Å². The first-order valence-electron chi connectivity index (χ1n) is 9.82. The molecule has 0 fully saturated rings. The topological polar surface area (TPSA) is 132 Å². The van der Waals surface area contributed by atoms with Crippen molar-refractivity contribution in [2.24, 2.45) is 0 Å². The maximum atomic E-state index is 12.5. The zero-order valence-corrected chi connectivity index (χ0v) is 18.2. The molecule has 1 aromatic heterocycles. The molecule has 9 nitrogen and oxygen atoms in total. The zero-order valence-electron chi connectivity index (χ0n) is 17.4. The van der Waals surface area contributed by atoms with Crippen LogP contribution in [0, 0.1) is 0 Å². The molecular weight excluding hydrogens is 422 g/mol. The van der Waals surface area contributed by atoms with Crippen LogP contribution in [0.15, 0.2) is 47.5 Å². The molecule has 31 heavy (non-hydrogen) atoms. The van der Waals surface area contributed by atoms with E-state index in [1.807, 2.05) is 11.6 Å². The first-order valence-corrected chi connectivity index (χ1v) is 11.3. The van der Waals surface area contributed by atoms with E-state index in [1.165, 1.54) is 24.3 Å². The highest BCUT2D eigenvalue weighted by Crippen LogP contribution is 2.12. The molecule has 0 radical (unpaired) electrons. The lowest BCUT2D eigenvalue weighted by atomic mass is 10.1. The Balaban J connectivity index is 1.97. The monoisotopic (exact) mass is 447 g/mol. The Morgan fingerprint density at radius 2 is 1.74 bits per heavy atom. The summed E-state index contributed by atoms with van der Waals surface area (Å²) in [5, 5.41) is 2.79. The van der Waals surface area contributed by atoms with E-state index in [-0.39, 0.29) is 28.7 Å². The van der Waals surface area contributed by atoms with Gasteiger partial charge in [-0.3, -0.25) is 9.59 Å². The molecule has 2 amide bonds. The van der Waals surface area contributed by atoms with E-state index < -0.39 is 21.9 Å². The molecule has 0 aliphatic heterocycles. The third kappa shape index (κ3) is 7.18. The molecule has 0 unspecified atom stereocenters. The SMILES string of the molecule is CCCC(=O)NCCc1ccc(S(=O)(=O)NC(=O)c2ccc(C(=O)OCC)nc2)cc1. The van der Waals surface area contributed by atoms with Gasteiger partial charge in [0, 0.05) is 19.2 Å². The van der Waals surface area contributed by atoms with Crippen molar-refractivity contribution in [3.8, 4) is 0 Å². The van der Waals surface area contributed by atoms with Crippen LogP contribution in [-0.4, -0.2) is 44.3 Å². The van der Waals surface area contributed by atoms with E-state index in [0.717, 1.165) is 18.2 Å². The summed E-state index contributed by atoms with van der Waals surface area (Å²) in [5.74, 6) is -1.52. The molecule has 166 valence electrons. The minimum atomic E-state index is -4.09. The standard InChI is InChI=1S/C21H25N3O6S/c1-3-5-19(25)22-13-12-15-6-9-17(10-7-15)31(28,29)24-20(26)16-8-11-18(23-14-16)21(27)30-4-2/h6-11,14H,3-5,12-13H2,1-2H3,(H,22,25)(H,24,26). The highest BCUT2D eigenvalue weighted by molar-refractivity contribution is 7.90. The third-order valence-electron chi connectivity index (χ3n) is 4.18. The van der Waals surface area contributed by atoms with Crippen LogP contribution in [0.4, 0.5) is 0 Å². The van der Waals surface area contributed by atoms with E-state index in [4.69, 9.17) is 4.74 Å². The first kappa shape index (κ1) is 24.0. The van der Waals surface area contributed by atoms with Crippen LogP contribution < -0.4 is 10.0 Å². The number of sulfonamides is 1. The van der Waals surface area contributed by atoms with Gasteiger partial charge in [0.05, 0.1) is 17.1 Å². The summed E-state index contributed by atoms with van der Waals surface area (Å²) in [6.45, 7) is 4.22. The fraction of sp³-hybridized carbons (Fsp3) is 0.333. The van der Waals surface area contributed by atoms with E-state index in [1.54, 1.807) is 19.1 Å². The fourth-order valence-electron chi connectivity index (χ4n) is 2.59. The summed E-state index contributed by atoms with van der Waals surface area (Å²) in [6, 6.07) is 8.61. The van der Waals surface area contributed by atoms with Crippen LogP contribution in [-0.2, 0) is 26.0 Å². The van der Waals surface area contributed by atoms with Crippen LogP contribution in [0.25, 0.3) is 0 Å². The van der Waals surface area contributed by atoms with Crippen molar-refractivity contribution in [3.05, 3.63) is 59.4 Å². The van der Waals surface area contributed by atoms with Gasteiger partial charge < -0.3 is 10.1 Å². The predicted molar refractivity (Wildman–Crippen MR) is 113 cm³/mol. The summed E-state index contributed by atoms with van der Waals surface area (Å²) in [5.41, 5.74) is 0.847. The lowest BCUT2D eigenvalue weighted by Gasteiger charge is -2.09. The summed E-state index contributed by atoms with van der Waals surface area (Å²) >= 11 is 0. The van der Waals surface area contributed by atoms with Crippen molar-refractivity contribution in [1.29, 1.82) is 0 Å². The molecule has 0 saturated heterocycles. The number of hydrogen-bond acceptors (Lipinski definition) is 7. The molecule has 10 heteroatoms. The molecule has 0 aliphatic carbocycles. The van der Waals surface area contributed by atoms with Crippen molar-refractivity contribution in [2.45, 2.75) is 38.0 Å². The number of nitrogens with zero attached hydrogens (tertiary/aromatic N) is 1. The molecule has 2 aromatic rings. The number of rotatable bonds is 10. The number of nitrogens with one attached hydrogen (secondary N) is 2. The third-order valence-corrected chi connectivity index (χ3v) is 5.53. The van der Waals surface area contributed by atoms with Gasteiger partial charge >= 0.3 is 5.97 Å². The van der Waals surface area contributed by atoms with Crippen LogP contribution in [0.5, 0.6) is 0 Å². The van der Waals surface area contributed by atoms with Gasteiger partial charge in [-0.05, 0) is 49.6 Å². The largest absolute Gasteiger partial charge is 0.461 e. The average Bonchev–Trinajstić information content (AvgIpc) is 2.74. The van der Waals surface area contributed by atoms with Gasteiger partial charge in [0.15, 0.2) is 0 Å². The second-order valence-corrected chi connectivity index (χ2v) is 8.26. The van der Waals surface area contributed by atoms with Gasteiger partial charge in [-0.15, -0.1) is 0 Å². The van der Waals surface area contributed by atoms with E-state index in [2.05, 4.69) is 10.3 Å². The van der Waals surface area contributed by atoms with Crippen LogP contribution in [0.3, 0.4) is 0 Å². The molecule has 1 aromatic carbocycles.